The summed E-state index contributed by atoms with van der Waals surface area (Å²) in [5, 5.41) is 1.03. The van der Waals surface area contributed by atoms with Crippen LogP contribution in [0.4, 0.5) is 0 Å². The highest BCUT2D eigenvalue weighted by Crippen LogP contribution is 2.29. The van der Waals surface area contributed by atoms with Gasteiger partial charge in [-0.1, -0.05) is 19.9 Å². The Morgan fingerprint density at radius 2 is 2.09 bits per heavy atom. The molecule has 1 aromatic heterocycles. The third-order valence-corrected chi connectivity index (χ3v) is 4.07. The average molecular weight is 302 g/mol. The maximum Gasteiger partial charge on any atom is 0.310 e. The van der Waals surface area contributed by atoms with Crippen molar-refractivity contribution in [1.29, 1.82) is 0 Å². The minimum Gasteiger partial charge on any atom is -0.426 e. The molecule has 0 radical (unpaired) electrons. The lowest BCUT2D eigenvalue weighted by molar-refractivity contribution is -0.133. The van der Waals surface area contributed by atoms with Crippen LogP contribution in [0.15, 0.2) is 24.4 Å². The number of likely N-dealkylation sites (N-methyl/N-ethyl adjacent to an activating group) is 1. The second-order valence-electron chi connectivity index (χ2n) is 5.79. The van der Waals surface area contributed by atoms with Gasteiger partial charge in [-0.15, -0.1) is 0 Å². The van der Waals surface area contributed by atoms with E-state index in [0.717, 1.165) is 30.4 Å². The summed E-state index contributed by atoms with van der Waals surface area (Å²) in [6.07, 6.45) is 3.35. The molecule has 1 heterocycles. The van der Waals surface area contributed by atoms with Crippen molar-refractivity contribution in [1.82, 2.24) is 9.88 Å². The first-order valence-corrected chi connectivity index (χ1v) is 8.10. The minimum absolute atomic E-state index is 0.197. The number of hydrogen-bond acceptors (Lipinski definition) is 3. The topological polar surface area (TPSA) is 45.3 Å². The van der Waals surface area contributed by atoms with E-state index in [2.05, 4.69) is 30.7 Å². The molecule has 120 valence electrons. The zero-order valence-electron chi connectivity index (χ0n) is 14.0. The van der Waals surface area contributed by atoms with Crippen LogP contribution in [-0.4, -0.2) is 35.0 Å². The molecule has 1 aromatic carbocycles. The third-order valence-electron chi connectivity index (χ3n) is 4.07. The van der Waals surface area contributed by atoms with E-state index in [1.807, 2.05) is 31.3 Å². The number of aromatic amines is 1. The summed E-state index contributed by atoms with van der Waals surface area (Å²) in [7, 11) is 0. The second kappa shape index (κ2) is 7.45. The highest BCUT2D eigenvalue weighted by Gasteiger charge is 2.14. The highest BCUT2D eigenvalue weighted by atomic mass is 16.5. The molecule has 0 saturated carbocycles. The lowest BCUT2D eigenvalue weighted by atomic mass is 10.1. The third kappa shape index (κ3) is 3.69. The van der Waals surface area contributed by atoms with Crippen molar-refractivity contribution < 1.29 is 9.53 Å². The summed E-state index contributed by atoms with van der Waals surface area (Å²) in [6, 6.07) is 6.33. The molecular weight excluding hydrogens is 276 g/mol. The van der Waals surface area contributed by atoms with Crippen LogP contribution in [0.5, 0.6) is 5.75 Å². The predicted octanol–water partition coefficient (Wildman–Crippen LogP) is 3.76. The number of rotatable bonds is 7. The van der Waals surface area contributed by atoms with E-state index >= 15 is 0 Å². The van der Waals surface area contributed by atoms with Crippen molar-refractivity contribution in [3.05, 3.63) is 30.0 Å². The lowest BCUT2D eigenvalue weighted by Crippen LogP contribution is -2.32. The molecule has 22 heavy (non-hydrogen) atoms. The number of esters is 1. The summed E-state index contributed by atoms with van der Waals surface area (Å²) in [6.45, 7) is 10.5. The molecule has 0 unspecified atom stereocenters. The van der Waals surface area contributed by atoms with Crippen LogP contribution in [0, 0.1) is 0 Å². The van der Waals surface area contributed by atoms with Crippen molar-refractivity contribution in [2.24, 2.45) is 0 Å². The molecule has 0 aliphatic rings. The monoisotopic (exact) mass is 302 g/mol. The second-order valence-corrected chi connectivity index (χ2v) is 5.79. The highest BCUT2D eigenvalue weighted by molar-refractivity contribution is 5.91. The van der Waals surface area contributed by atoms with Crippen LogP contribution in [0.1, 0.15) is 39.7 Å². The molecule has 0 bridgehead atoms. The van der Waals surface area contributed by atoms with Crippen LogP contribution < -0.4 is 4.74 Å². The Bertz CT molecular complexity index is 631. The van der Waals surface area contributed by atoms with Gasteiger partial charge in [0, 0.05) is 36.1 Å². The Labute approximate surface area is 132 Å². The molecule has 4 nitrogen and oxygen atoms in total. The zero-order chi connectivity index (χ0) is 16.1. The number of carbonyl (C=O) groups excluding carboxylic acids is 1. The van der Waals surface area contributed by atoms with Gasteiger partial charge in [-0.2, -0.15) is 0 Å². The molecule has 4 heteroatoms. The smallest absolute Gasteiger partial charge is 0.310 e. The molecule has 2 rings (SSSR count). The van der Waals surface area contributed by atoms with Crippen LogP contribution >= 0.6 is 0 Å². The number of aromatic nitrogens is 1. The van der Waals surface area contributed by atoms with Crippen molar-refractivity contribution in [2.45, 2.75) is 46.6 Å². The Kier molecular flexibility index (Phi) is 5.61. The van der Waals surface area contributed by atoms with Crippen molar-refractivity contribution in [2.75, 3.05) is 13.1 Å². The predicted molar refractivity (Wildman–Crippen MR) is 90.3 cm³/mol. The molecule has 0 saturated heterocycles. The van der Waals surface area contributed by atoms with Gasteiger partial charge in [-0.05, 0) is 44.5 Å². The quantitative estimate of drug-likeness (QED) is 0.626. The van der Waals surface area contributed by atoms with Gasteiger partial charge in [0.1, 0.15) is 5.75 Å². The largest absolute Gasteiger partial charge is 0.426 e. The maximum atomic E-state index is 11.6. The molecule has 0 amide bonds. The van der Waals surface area contributed by atoms with E-state index in [-0.39, 0.29) is 5.97 Å². The summed E-state index contributed by atoms with van der Waals surface area (Å²) in [5.41, 5.74) is 2.22. The zero-order valence-corrected chi connectivity index (χ0v) is 14.0. The van der Waals surface area contributed by atoms with E-state index < -0.39 is 0 Å². The number of carbonyl (C=O) groups is 1. The molecule has 0 aliphatic carbocycles. The Balaban J connectivity index is 2.25. The number of nitrogens with one attached hydrogen (secondary N) is 1. The van der Waals surface area contributed by atoms with Gasteiger partial charge in [0.05, 0.1) is 0 Å². The van der Waals surface area contributed by atoms with E-state index in [1.165, 1.54) is 5.56 Å². The molecule has 0 spiro atoms. The number of benzene rings is 1. The van der Waals surface area contributed by atoms with Gasteiger partial charge in [-0.3, -0.25) is 4.79 Å². The van der Waals surface area contributed by atoms with Gasteiger partial charge < -0.3 is 14.6 Å². The van der Waals surface area contributed by atoms with Gasteiger partial charge in [-0.25, -0.2) is 0 Å². The molecule has 1 N–H and O–H groups in total. The Morgan fingerprint density at radius 3 is 2.73 bits per heavy atom. The van der Waals surface area contributed by atoms with Crippen molar-refractivity contribution in [3.63, 3.8) is 0 Å². The fourth-order valence-electron chi connectivity index (χ4n) is 2.74. The molecule has 2 aromatic rings. The Hall–Kier alpha value is -1.81. The normalized spacial score (nSPS) is 11.5. The number of nitrogens with zero attached hydrogens (tertiary/aromatic N) is 1. The van der Waals surface area contributed by atoms with E-state index in [4.69, 9.17) is 4.74 Å². The van der Waals surface area contributed by atoms with Gasteiger partial charge in [0.2, 0.25) is 0 Å². The van der Waals surface area contributed by atoms with Gasteiger partial charge >= 0.3 is 5.97 Å². The van der Waals surface area contributed by atoms with Crippen molar-refractivity contribution in [3.8, 4) is 5.75 Å². The van der Waals surface area contributed by atoms with E-state index in [0.29, 0.717) is 18.2 Å². The number of H-pyrrole nitrogens is 1. The summed E-state index contributed by atoms with van der Waals surface area (Å²) in [4.78, 5) is 17.3. The number of fused-ring (bicyclic) bond motifs is 1. The van der Waals surface area contributed by atoms with Gasteiger partial charge in [0.25, 0.3) is 0 Å². The fourth-order valence-corrected chi connectivity index (χ4v) is 2.74. The first-order chi connectivity index (χ1) is 10.6. The molecular formula is C18H26N2O2. The standard InChI is InChI=1S/C18H26N2O2/c1-5-17(21)22-16-9-7-8-15-18(16)14(12-19-15)10-11-20(6-2)13(3)4/h7-9,12-13,19H,5-6,10-11H2,1-4H3. The van der Waals surface area contributed by atoms with Crippen LogP contribution in [0.25, 0.3) is 10.9 Å². The summed E-state index contributed by atoms with van der Waals surface area (Å²) >= 11 is 0. The maximum absolute atomic E-state index is 11.6. The van der Waals surface area contributed by atoms with Gasteiger partial charge in [0.15, 0.2) is 0 Å². The van der Waals surface area contributed by atoms with E-state index in [9.17, 15) is 4.79 Å². The van der Waals surface area contributed by atoms with Crippen LogP contribution in [0.3, 0.4) is 0 Å². The Morgan fingerprint density at radius 1 is 1.32 bits per heavy atom. The first kappa shape index (κ1) is 16.6. The minimum atomic E-state index is -0.197. The molecule has 0 atom stereocenters. The number of ether oxygens (including phenoxy) is 1. The summed E-state index contributed by atoms with van der Waals surface area (Å²) in [5.74, 6) is 0.463. The SMILES string of the molecule is CCC(=O)Oc1cccc2[nH]cc(CCN(CC)C(C)C)c12. The number of hydrogen-bond donors (Lipinski definition) is 1. The summed E-state index contributed by atoms with van der Waals surface area (Å²) < 4.78 is 5.48. The van der Waals surface area contributed by atoms with Crippen LogP contribution in [0.2, 0.25) is 0 Å². The van der Waals surface area contributed by atoms with Crippen molar-refractivity contribution >= 4 is 16.9 Å². The fraction of sp³-hybridized carbons (Fsp3) is 0.500. The van der Waals surface area contributed by atoms with Crippen LogP contribution in [-0.2, 0) is 11.2 Å². The van der Waals surface area contributed by atoms with E-state index in [1.54, 1.807) is 0 Å². The first-order valence-electron chi connectivity index (χ1n) is 8.10. The molecule has 0 fully saturated rings. The average Bonchev–Trinajstić information content (AvgIpc) is 2.92. The lowest BCUT2D eigenvalue weighted by Gasteiger charge is -2.24. The molecule has 0 aliphatic heterocycles.